The fraction of sp³-hybridized carbons (Fsp3) is 0.280. The monoisotopic (exact) mass is 479 g/mol. The van der Waals surface area contributed by atoms with E-state index in [9.17, 15) is 9.59 Å². The van der Waals surface area contributed by atoms with Crippen molar-refractivity contribution in [1.82, 2.24) is 14.1 Å². The Labute approximate surface area is 200 Å². The average molecular weight is 480 g/mol. The minimum Gasteiger partial charge on any atom is -0.497 e. The first-order chi connectivity index (χ1) is 16.2. The van der Waals surface area contributed by atoms with E-state index < -0.39 is 0 Å². The molecule has 33 heavy (non-hydrogen) atoms. The zero-order valence-corrected chi connectivity index (χ0v) is 20.0. The van der Waals surface area contributed by atoms with Crippen LogP contribution in [0, 0.1) is 0 Å². The maximum atomic E-state index is 13.6. The van der Waals surface area contributed by atoms with Crippen molar-refractivity contribution in [3.05, 3.63) is 75.9 Å². The second kappa shape index (κ2) is 9.49. The largest absolute Gasteiger partial charge is 0.497 e. The molecule has 1 saturated carbocycles. The van der Waals surface area contributed by atoms with Crippen LogP contribution in [-0.4, -0.2) is 22.4 Å². The first kappa shape index (κ1) is 21.9. The molecule has 1 aliphatic carbocycles. The molecule has 0 spiro atoms. The van der Waals surface area contributed by atoms with Gasteiger partial charge in [0.05, 0.1) is 34.0 Å². The summed E-state index contributed by atoms with van der Waals surface area (Å²) in [6.45, 7) is 0. The molecule has 2 aromatic carbocycles. The molecule has 0 unspecified atom stereocenters. The molecule has 4 aromatic rings. The molecule has 0 aliphatic heterocycles. The van der Waals surface area contributed by atoms with E-state index in [0.717, 1.165) is 46.8 Å². The summed E-state index contributed by atoms with van der Waals surface area (Å²) in [7, 11) is 1.63. The molecule has 1 amide bonds. The Morgan fingerprint density at radius 1 is 1.09 bits per heavy atom. The van der Waals surface area contributed by atoms with E-state index in [0.29, 0.717) is 10.9 Å². The number of methoxy groups -OCH3 is 1. The van der Waals surface area contributed by atoms with Gasteiger partial charge >= 0.3 is 0 Å². The number of rotatable bonds is 6. The molecule has 1 aliphatic rings. The molecule has 2 aromatic heterocycles. The van der Waals surface area contributed by atoms with Crippen molar-refractivity contribution in [1.29, 1.82) is 0 Å². The van der Waals surface area contributed by atoms with Crippen LogP contribution in [0.3, 0.4) is 0 Å². The van der Waals surface area contributed by atoms with E-state index >= 15 is 0 Å². The summed E-state index contributed by atoms with van der Waals surface area (Å²) in [6.07, 6.45) is 5.62. The van der Waals surface area contributed by atoms with Gasteiger partial charge in [0.1, 0.15) is 5.75 Å². The van der Waals surface area contributed by atoms with E-state index in [1.165, 1.54) is 18.4 Å². The van der Waals surface area contributed by atoms with Gasteiger partial charge in [-0.2, -0.15) is 0 Å². The van der Waals surface area contributed by atoms with Crippen molar-refractivity contribution >= 4 is 40.1 Å². The van der Waals surface area contributed by atoms with Gasteiger partial charge in [-0.1, -0.05) is 25.3 Å². The minimum absolute atomic E-state index is 0.110. The predicted octanol–water partition coefficient (Wildman–Crippen LogP) is 5.80. The van der Waals surface area contributed by atoms with E-state index in [1.807, 2.05) is 53.9 Å². The second-order valence-corrected chi connectivity index (χ2v) is 10.2. The number of hydrogen-bond donors (Lipinski definition) is 1. The van der Waals surface area contributed by atoms with Crippen molar-refractivity contribution in [2.45, 2.75) is 42.4 Å². The predicted molar refractivity (Wildman–Crippen MR) is 134 cm³/mol. The highest BCUT2D eigenvalue weighted by atomic mass is 32.2. The van der Waals surface area contributed by atoms with E-state index in [-0.39, 0.29) is 17.5 Å². The fourth-order valence-corrected chi connectivity index (χ4v) is 5.89. The molecule has 0 radical (unpaired) electrons. The fourth-order valence-electron chi connectivity index (χ4n) is 4.50. The number of carbonyl (C=O) groups is 1. The molecule has 5 rings (SSSR count). The van der Waals surface area contributed by atoms with Gasteiger partial charge in [0, 0.05) is 5.56 Å². The number of hydrogen-bond acceptors (Lipinski definition) is 5. The third-order valence-corrected chi connectivity index (χ3v) is 7.95. The highest BCUT2D eigenvalue weighted by molar-refractivity contribution is 7.99. The summed E-state index contributed by atoms with van der Waals surface area (Å²) < 4.78 is 13.1. The van der Waals surface area contributed by atoms with Crippen LogP contribution < -0.4 is 15.0 Å². The van der Waals surface area contributed by atoms with Crippen molar-refractivity contribution < 1.29 is 9.53 Å². The van der Waals surface area contributed by atoms with Gasteiger partial charge in [-0.3, -0.25) is 19.0 Å². The quantitative estimate of drug-likeness (QED) is 0.355. The van der Waals surface area contributed by atoms with Crippen molar-refractivity contribution in [2.24, 2.45) is 0 Å². The number of nitrogens with zero attached hydrogens (tertiary/aromatic N) is 2. The highest BCUT2D eigenvalue weighted by Gasteiger charge is 2.24. The third kappa shape index (κ3) is 4.32. The number of benzene rings is 2. The summed E-state index contributed by atoms with van der Waals surface area (Å²) in [5, 5.41) is 2.53. The highest BCUT2D eigenvalue weighted by Crippen LogP contribution is 2.32. The Morgan fingerprint density at radius 2 is 1.88 bits per heavy atom. The van der Waals surface area contributed by atoms with Gasteiger partial charge < -0.3 is 4.74 Å². The Balaban J connectivity index is 1.57. The first-order valence-electron chi connectivity index (χ1n) is 11.1. The normalized spacial score (nSPS) is 14.5. The van der Waals surface area contributed by atoms with Gasteiger partial charge in [-0.05, 0) is 78.7 Å². The van der Waals surface area contributed by atoms with Crippen molar-refractivity contribution in [2.75, 3.05) is 7.11 Å². The van der Waals surface area contributed by atoms with Gasteiger partial charge in [0.15, 0.2) is 0 Å². The number of nitrogens with one attached hydrogen (secondary N) is 1. The molecule has 6 nitrogen and oxygen atoms in total. The molecule has 170 valence electrons. The zero-order chi connectivity index (χ0) is 22.8. The summed E-state index contributed by atoms with van der Waals surface area (Å²) in [5.74, 6) is 0.533. The third-order valence-electron chi connectivity index (χ3n) is 6.12. The molecule has 8 heteroatoms. The summed E-state index contributed by atoms with van der Waals surface area (Å²) >= 11 is 2.86. The number of aromatic nitrogens is 2. The van der Waals surface area contributed by atoms with Gasteiger partial charge in [0.25, 0.3) is 11.5 Å². The van der Waals surface area contributed by atoms with Crippen LogP contribution in [0.5, 0.6) is 5.75 Å². The van der Waals surface area contributed by atoms with E-state index in [1.54, 1.807) is 29.2 Å². The van der Waals surface area contributed by atoms with Crippen molar-refractivity contribution in [3.8, 4) is 11.4 Å². The topological polar surface area (TPSA) is 65.3 Å². The van der Waals surface area contributed by atoms with Gasteiger partial charge in [-0.25, -0.2) is 4.68 Å². The van der Waals surface area contributed by atoms with Crippen LogP contribution in [0.4, 0.5) is 0 Å². The summed E-state index contributed by atoms with van der Waals surface area (Å²) in [5.41, 5.74) is 2.03. The van der Waals surface area contributed by atoms with Crippen LogP contribution in [-0.2, 0) is 0 Å². The first-order valence-corrected chi connectivity index (χ1v) is 12.8. The van der Waals surface area contributed by atoms with Gasteiger partial charge in [0.2, 0.25) is 0 Å². The molecule has 1 N–H and O–H groups in total. The van der Waals surface area contributed by atoms with Crippen LogP contribution in [0.15, 0.2) is 69.0 Å². The SMILES string of the molecule is COc1ccc(-n2c(=O)c3cc(C(=O)NSc4cccs4)ccc3n2C2CCCCC2)cc1. The average Bonchev–Trinajstić information content (AvgIpc) is 3.49. The van der Waals surface area contributed by atoms with Crippen molar-refractivity contribution in [3.63, 3.8) is 0 Å². The van der Waals surface area contributed by atoms with E-state index in [2.05, 4.69) is 9.40 Å². The van der Waals surface area contributed by atoms with E-state index in [4.69, 9.17) is 4.74 Å². The lowest BCUT2D eigenvalue weighted by atomic mass is 9.95. The second-order valence-electron chi connectivity index (χ2n) is 8.15. The minimum atomic E-state index is -0.212. The number of fused-ring (bicyclic) bond motifs is 1. The number of amides is 1. The van der Waals surface area contributed by atoms with Crippen LogP contribution in [0.25, 0.3) is 16.6 Å². The smallest absolute Gasteiger partial charge is 0.279 e. The Kier molecular flexibility index (Phi) is 6.28. The summed E-state index contributed by atoms with van der Waals surface area (Å²) in [6, 6.07) is 17.1. The Morgan fingerprint density at radius 3 is 2.58 bits per heavy atom. The molecule has 0 atom stereocenters. The molecule has 0 bridgehead atoms. The Bertz CT molecular complexity index is 1320. The number of ether oxygens (including phenoxy) is 1. The Hall–Kier alpha value is -2.97. The van der Waals surface area contributed by atoms with Crippen LogP contribution in [0.1, 0.15) is 48.5 Å². The maximum absolute atomic E-state index is 13.6. The number of carbonyl (C=O) groups excluding carboxylic acids is 1. The summed E-state index contributed by atoms with van der Waals surface area (Å²) in [4.78, 5) is 26.4. The lowest BCUT2D eigenvalue weighted by molar-refractivity contribution is 0.0984. The molecule has 0 saturated heterocycles. The maximum Gasteiger partial charge on any atom is 0.279 e. The standard InChI is InChI=1S/C25H25N3O3S2/c1-31-20-12-10-19(11-13-20)28-25(30)21-16-17(24(29)26-33-23-8-5-15-32-23)9-14-22(21)27(28)18-6-3-2-4-7-18/h5,8-16,18H,2-4,6-7H2,1H3,(H,26,29). The molecule has 1 fully saturated rings. The molecular weight excluding hydrogens is 454 g/mol. The van der Waals surface area contributed by atoms with Crippen LogP contribution in [0.2, 0.25) is 0 Å². The molecule has 2 heterocycles. The number of thiophene rings is 1. The lowest BCUT2D eigenvalue weighted by Gasteiger charge is -2.26. The lowest BCUT2D eigenvalue weighted by Crippen LogP contribution is -2.25. The van der Waals surface area contributed by atoms with Gasteiger partial charge in [-0.15, -0.1) is 11.3 Å². The molecular formula is C25H25N3O3S2. The zero-order valence-electron chi connectivity index (χ0n) is 18.3. The van der Waals surface area contributed by atoms with Crippen LogP contribution >= 0.6 is 23.3 Å².